The van der Waals surface area contributed by atoms with E-state index >= 15 is 0 Å². The molecule has 0 N–H and O–H groups in total. The van der Waals surface area contributed by atoms with Crippen LogP contribution in [-0.2, 0) is 0 Å². The van der Waals surface area contributed by atoms with Crippen molar-refractivity contribution in [1.82, 2.24) is 0 Å². The lowest BCUT2D eigenvalue weighted by Crippen LogP contribution is -2.02. The zero-order chi connectivity index (χ0) is 6.69. The van der Waals surface area contributed by atoms with Crippen molar-refractivity contribution in [3.8, 4) is 0 Å². The Morgan fingerprint density at radius 2 is 2.33 bits per heavy atom. The van der Waals surface area contributed by atoms with Gasteiger partial charge in [-0.25, -0.2) is 0 Å². The molecule has 0 spiro atoms. The highest BCUT2D eigenvalue weighted by molar-refractivity contribution is 4.86. The second kappa shape index (κ2) is 3.24. The zero-order valence-corrected chi connectivity index (χ0v) is 6.56. The lowest BCUT2D eigenvalue weighted by molar-refractivity contribution is 0.411. The molecular formula is C9H17. The van der Waals surface area contributed by atoms with Gasteiger partial charge in [0.15, 0.2) is 0 Å². The number of hydrogen-bond donors (Lipinski definition) is 0. The first-order valence-electron chi connectivity index (χ1n) is 4.18. The fourth-order valence-electron chi connectivity index (χ4n) is 1.81. The summed E-state index contributed by atoms with van der Waals surface area (Å²) in [6, 6.07) is 0. The molecule has 0 bridgehead atoms. The average molecular weight is 125 g/mol. The van der Waals surface area contributed by atoms with E-state index in [2.05, 4.69) is 20.3 Å². The molecule has 0 aliphatic heterocycles. The standard InChI is InChI=1S/C9H17/c1-3-5-9-7-4-6-8(9)2/h6,8-9H,3-5,7H2,1-2H3. The van der Waals surface area contributed by atoms with Crippen LogP contribution in [0.2, 0.25) is 0 Å². The fourth-order valence-corrected chi connectivity index (χ4v) is 1.81. The van der Waals surface area contributed by atoms with Gasteiger partial charge in [0.25, 0.3) is 0 Å². The minimum Gasteiger partial charge on any atom is -0.0654 e. The van der Waals surface area contributed by atoms with Gasteiger partial charge in [0.1, 0.15) is 0 Å². The Morgan fingerprint density at radius 1 is 1.56 bits per heavy atom. The van der Waals surface area contributed by atoms with Crippen LogP contribution in [0.25, 0.3) is 0 Å². The van der Waals surface area contributed by atoms with Gasteiger partial charge in [0, 0.05) is 0 Å². The minimum absolute atomic E-state index is 0.907. The van der Waals surface area contributed by atoms with Gasteiger partial charge >= 0.3 is 0 Å². The lowest BCUT2D eigenvalue weighted by atomic mass is 9.94. The van der Waals surface area contributed by atoms with Crippen molar-refractivity contribution < 1.29 is 0 Å². The molecule has 0 heterocycles. The first-order chi connectivity index (χ1) is 4.34. The molecule has 1 saturated carbocycles. The summed E-state index contributed by atoms with van der Waals surface area (Å²) in [4.78, 5) is 0. The van der Waals surface area contributed by atoms with Crippen molar-refractivity contribution in [3.05, 3.63) is 6.42 Å². The summed E-state index contributed by atoms with van der Waals surface area (Å²) in [6.07, 6.45) is 8.10. The maximum atomic E-state index is 2.47. The Bertz CT molecular complexity index is 76.1. The van der Waals surface area contributed by atoms with Gasteiger partial charge in [-0.1, -0.05) is 26.7 Å². The van der Waals surface area contributed by atoms with E-state index < -0.39 is 0 Å². The monoisotopic (exact) mass is 125 g/mol. The van der Waals surface area contributed by atoms with Crippen molar-refractivity contribution >= 4 is 0 Å². The van der Waals surface area contributed by atoms with Gasteiger partial charge in [-0.15, -0.1) is 0 Å². The zero-order valence-electron chi connectivity index (χ0n) is 6.56. The molecular weight excluding hydrogens is 108 g/mol. The molecule has 1 aliphatic carbocycles. The third-order valence-electron chi connectivity index (χ3n) is 2.48. The highest BCUT2D eigenvalue weighted by Gasteiger charge is 2.21. The second-order valence-corrected chi connectivity index (χ2v) is 3.22. The van der Waals surface area contributed by atoms with E-state index in [1.165, 1.54) is 25.7 Å². The molecule has 1 fully saturated rings. The number of rotatable bonds is 2. The predicted molar refractivity (Wildman–Crippen MR) is 41.1 cm³/mol. The van der Waals surface area contributed by atoms with Crippen LogP contribution in [0.15, 0.2) is 0 Å². The molecule has 9 heavy (non-hydrogen) atoms. The van der Waals surface area contributed by atoms with E-state index in [-0.39, 0.29) is 0 Å². The molecule has 1 rings (SSSR count). The van der Waals surface area contributed by atoms with E-state index in [9.17, 15) is 0 Å². The summed E-state index contributed by atoms with van der Waals surface area (Å²) in [5.74, 6) is 1.93. The largest absolute Gasteiger partial charge is 0.0654 e. The maximum absolute atomic E-state index is 2.47. The molecule has 0 aromatic rings. The lowest BCUT2D eigenvalue weighted by Gasteiger charge is -2.12. The fraction of sp³-hybridized carbons (Fsp3) is 0.889. The summed E-state index contributed by atoms with van der Waals surface area (Å²) in [5, 5.41) is 0. The highest BCUT2D eigenvalue weighted by atomic mass is 14.3. The normalized spacial score (nSPS) is 35.3. The first-order valence-corrected chi connectivity index (χ1v) is 4.18. The van der Waals surface area contributed by atoms with Gasteiger partial charge in [0.2, 0.25) is 0 Å². The predicted octanol–water partition coefficient (Wildman–Crippen LogP) is 3.04. The van der Waals surface area contributed by atoms with Crippen molar-refractivity contribution in [2.24, 2.45) is 11.8 Å². The second-order valence-electron chi connectivity index (χ2n) is 3.22. The van der Waals surface area contributed by atoms with Crippen molar-refractivity contribution in [2.75, 3.05) is 0 Å². The molecule has 0 nitrogen and oxygen atoms in total. The Morgan fingerprint density at radius 3 is 2.78 bits per heavy atom. The third-order valence-corrected chi connectivity index (χ3v) is 2.48. The number of hydrogen-bond acceptors (Lipinski definition) is 0. The Kier molecular flexibility index (Phi) is 2.56. The Balaban J connectivity index is 2.22. The van der Waals surface area contributed by atoms with E-state index in [4.69, 9.17) is 0 Å². The summed E-state index contributed by atoms with van der Waals surface area (Å²) in [6.45, 7) is 4.64. The van der Waals surface area contributed by atoms with Gasteiger partial charge < -0.3 is 0 Å². The van der Waals surface area contributed by atoms with E-state index in [1.807, 2.05) is 0 Å². The molecule has 2 unspecified atom stereocenters. The quantitative estimate of drug-likeness (QED) is 0.532. The van der Waals surface area contributed by atoms with Gasteiger partial charge in [-0.05, 0) is 31.1 Å². The van der Waals surface area contributed by atoms with Gasteiger partial charge in [-0.2, -0.15) is 0 Å². The Hall–Kier alpha value is 0. The minimum atomic E-state index is 0.907. The van der Waals surface area contributed by atoms with Crippen LogP contribution >= 0.6 is 0 Å². The molecule has 0 aromatic carbocycles. The van der Waals surface area contributed by atoms with Crippen LogP contribution < -0.4 is 0 Å². The van der Waals surface area contributed by atoms with Gasteiger partial charge in [0.05, 0.1) is 0 Å². The van der Waals surface area contributed by atoms with Crippen LogP contribution in [0.5, 0.6) is 0 Å². The smallest absolute Gasteiger partial charge is 0.0355 e. The van der Waals surface area contributed by atoms with Crippen molar-refractivity contribution in [1.29, 1.82) is 0 Å². The van der Waals surface area contributed by atoms with E-state index in [0.29, 0.717) is 0 Å². The highest BCUT2D eigenvalue weighted by Crippen LogP contribution is 2.33. The molecule has 0 heteroatoms. The summed E-state index contributed by atoms with van der Waals surface area (Å²) in [7, 11) is 0. The van der Waals surface area contributed by atoms with E-state index in [0.717, 1.165) is 11.8 Å². The SMILES string of the molecule is CCCC1CC[CH]C1C. The maximum Gasteiger partial charge on any atom is -0.0355 e. The van der Waals surface area contributed by atoms with Crippen LogP contribution in [0.1, 0.15) is 39.5 Å². The van der Waals surface area contributed by atoms with Crippen LogP contribution in [-0.4, -0.2) is 0 Å². The summed E-state index contributed by atoms with van der Waals surface area (Å²) < 4.78 is 0. The topological polar surface area (TPSA) is 0 Å². The van der Waals surface area contributed by atoms with Crippen molar-refractivity contribution in [3.63, 3.8) is 0 Å². The molecule has 0 saturated heterocycles. The molecule has 53 valence electrons. The van der Waals surface area contributed by atoms with Gasteiger partial charge in [-0.3, -0.25) is 0 Å². The molecule has 2 atom stereocenters. The summed E-state index contributed by atoms with van der Waals surface area (Å²) >= 11 is 0. The van der Waals surface area contributed by atoms with E-state index in [1.54, 1.807) is 0 Å². The van der Waals surface area contributed by atoms with Crippen LogP contribution in [0, 0.1) is 18.3 Å². The molecule has 0 amide bonds. The van der Waals surface area contributed by atoms with Crippen molar-refractivity contribution in [2.45, 2.75) is 39.5 Å². The summed E-state index contributed by atoms with van der Waals surface area (Å²) in [5.41, 5.74) is 0. The Labute approximate surface area is 58.7 Å². The molecule has 1 radical (unpaired) electrons. The first kappa shape index (κ1) is 7.11. The average Bonchev–Trinajstić information content (AvgIpc) is 2.18. The third kappa shape index (κ3) is 1.70. The molecule has 0 aromatic heterocycles. The van der Waals surface area contributed by atoms with Crippen LogP contribution in [0.4, 0.5) is 0 Å². The molecule has 1 aliphatic rings. The van der Waals surface area contributed by atoms with Crippen LogP contribution in [0.3, 0.4) is 0 Å².